The number of carbonyl (C=O) groups excluding carboxylic acids is 2. The normalized spacial score (nSPS) is 10.2. The Kier molecular flexibility index (Phi) is 5.91. The first-order valence-electron chi connectivity index (χ1n) is 8.58. The minimum Gasteiger partial charge on any atom is -0.354 e. The molecule has 1 heterocycles. The molecule has 0 aliphatic heterocycles. The highest BCUT2D eigenvalue weighted by Crippen LogP contribution is 2.23. The smallest absolute Gasteiger partial charge is 0.257 e. The topological polar surface area (TPSA) is 83.1 Å². The number of hydrogen-bond acceptors (Lipinski definition) is 4. The maximum Gasteiger partial charge on any atom is 0.257 e. The molecule has 2 amide bonds. The number of pyridine rings is 1. The molecule has 2 aromatic carbocycles. The number of rotatable bonds is 5. The highest BCUT2D eigenvalue weighted by molar-refractivity contribution is 6.31. The van der Waals surface area contributed by atoms with Crippen molar-refractivity contribution in [2.45, 2.75) is 13.8 Å². The van der Waals surface area contributed by atoms with Crippen molar-refractivity contribution in [1.82, 2.24) is 4.98 Å². The molecule has 0 spiro atoms. The van der Waals surface area contributed by atoms with Crippen LogP contribution in [0, 0.1) is 6.92 Å². The molecule has 0 aliphatic carbocycles. The number of aromatic nitrogens is 1. The first-order chi connectivity index (χ1) is 13.4. The Morgan fingerprint density at radius 3 is 2.50 bits per heavy atom. The Bertz CT molecular complexity index is 1040. The lowest BCUT2D eigenvalue weighted by Crippen LogP contribution is -2.13. The first kappa shape index (κ1) is 19.4. The molecule has 0 saturated heterocycles. The van der Waals surface area contributed by atoms with E-state index in [-0.39, 0.29) is 11.8 Å². The lowest BCUT2D eigenvalue weighted by atomic mass is 10.2. The molecule has 0 aliphatic rings. The molecule has 0 bridgehead atoms. The van der Waals surface area contributed by atoms with E-state index in [1.54, 1.807) is 36.5 Å². The molecular formula is C21H19ClN4O2. The van der Waals surface area contributed by atoms with Crippen LogP contribution in [0.3, 0.4) is 0 Å². The van der Waals surface area contributed by atoms with E-state index in [1.165, 1.54) is 13.1 Å². The number of nitrogens with one attached hydrogen (secondary N) is 3. The maximum atomic E-state index is 12.6. The summed E-state index contributed by atoms with van der Waals surface area (Å²) in [5, 5.41) is 9.31. The number of benzene rings is 2. The fourth-order valence-electron chi connectivity index (χ4n) is 2.60. The lowest BCUT2D eigenvalue weighted by molar-refractivity contribution is -0.114. The van der Waals surface area contributed by atoms with Gasteiger partial charge >= 0.3 is 0 Å². The van der Waals surface area contributed by atoms with Gasteiger partial charge in [-0.1, -0.05) is 23.7 Å². The Balaban J connectivity index is 1.76. The summed E-state index contributed by atoms with van der Waals surface area (Å²) in [6, 6.07) is 14.3. The molecule has 0 saturated carbocycles. The SMILES string of the molecule is CC(=O)Nc1cccc(Nc2cncc(C(=O)Nc3cc(Cl)ccc3C)c2)c1. The molecule has 0 unspecified atom stereocenters. The van der Waals surface area contributed by atoms with E-state index in [1.807, 2.05) is 25.1 Å². The monoisotopic (exact) mass is 394 g/mol. The average Bonchev–Trinajstić information content (AvgIpc) is 2.64. The highest BCUT2D eigenvalue weighted by atomic mass is 35.5. The molecule has 0 atom stereocenters. The van der Waals surface area contributed by atoms with Gasteiger partial charge in [-0.25, -0.2) is 0 Å². The summed E-state index contributed by atoms with van der Waals surface area (Å²) >= 11 is 6.01. The summed E-state index contributed by atoms with van der Waals surface area (Å²) in [6.07, 6.45) is 3.11. The average molecular weight is 395 g/mol. The van der Waals surface area contributed by atoms with Crippen LogP contribution in [0.1, 0.15) is 22.8 Å². The molecule has 6 nitrogen and oxygen atoms in total. The largest absolute Gasteiger partial charge is 0.354 e. The molecule has 3 N–H and O–H groups in total. The predicted octanol–water partition coefficient (Wildman–Crippen LogP) is 5.00. The Hall–Kier alpha value is -3.38. The van der Waals surface area contributed by atoms with Crippen molar-refractivity contribution < 1.29 is 9.59 Å². The third kappa shape index (κ3) is 5.08. The molecule has 28 heavy (non-hydrogen) atoms. The van der Waals surface area contributed by atoms with Gasteiger partial charge in [0.15, 0.2) is 0 Å². The van der Waals surface area contributed by atoms with Crippen LogP contribution in [0.2, 0.25) is 5.02 Å². The molecule has 0 radical (unpaired) electrons. The highest BCUT2D eigenvalue weighted by Gasteiger charge is 2.10. The number of aryl methyl sites for hydroxylation is 1. The predicted molar refractivity (Wildman–Crippen MR) is 112 cm³/mol. The molecule has 1 aromatic heterocycles. The van der Waals surface area contributed by atoms with Gasteiger partial charge in [0.25, 0.3) is 5.91 Å². The van der Waals surface area contributed by atoms with E-state index in [4.69, 9.17) is 11.6 Å². The molecule has 0 fully saturated rings. The van der Waals surface area contributed by atoms with Crippen LogP contribution in [-0.4, -0.2) is 16.8 Å². The second kappa shape index (κ2) is 8.54. The van der Waals surface area contributed by atoms with Crippen LogP contribution >= 0.6 is 11.6 Å². The standard InChI is InChI=1S/C21H19ClN4O2/c1-13-6-7-16(22)9-20(13)26-21(28)15-8-19(12-23-11-15)25-18-5-3-4-17(10-18)24-14(2)27/h3-12,25H,1-2H3,(H,24,27)(H,26,28). The third-order valence-electron chi connectivity index (χ3n) is 3.92. The van der Waals surface area contributed by atoms with Crippen LogP contribution < -0.4 is 16.0 Å². The number of carbonyl (C=O) groups is 2. The van der Waals surface area contributed by atoms with Gasteiger partial charge in [-0.3, -0.25) is 14.6 Å². The van der Waals surface area contributed by atoms with Gasteiger partial charge in [0, 0.05) is 35.2 Å². The third-order valence-corrected chi connectivity index (χ3v) is 4.15. The summed E-state index contributed by atoms with van der Waals surface area (Å²) < 4.78 is 0. The van der Waals surface area contributed by atoms with E-state index in [2.05, 4.69) is 20.9 Å². The van der Waals surface area contributed by atoms with Crippen LogP contribution in [0.4, 0.5) is 22.7 Å². The summed E-state index contributed by atoms with van der Waals surface area (Å²) in [4.78, 5) is 27.9. The number of nitrogens with zero attached hydrogens (tertiary/aromatic N) is 1. The Morgan fingerprint density at radius 1 is 0.929 bits per heavy atom. The van der Waals surface area contributed by atoms with Gasteiger partial charge in [0.1, 0.15) is 0 Å². The van der Waals surface area contributed by atoms with Crippen LogP contribution in [0.25, 0.3) is 0 Å². The van der Waals surface area contributed by atoms with Crippen molar-refractivity contribution in [3.05, 3.63) is 77.1 Å². The van der Waals surface area contributed by atoms with Gasteiger partial charge in [-0.05, 0) is 48.9 Å². The van der Waals surface area contributed by atoms with Crippen molar-refractivity contribution in [2.75, 3.05) is 16.0 Å². The van der Waals surface area contributed by atoms with E-state index >= 15 is 0 Å². The van der Waals surface area contributed by atoms with Gasteiger partial charge in [0.05, 0.1) is 17.4 Å². The maximum absolute atomic E-state index is 12.6. The zero-order valence-electron chi connectivity index (χ0n) is 15.4. The van der Waals surface area contributed by atoms with Crippen molar-refractivity contribution in [3.63, 3.8) is 0 Å². The van der Waals surface area contributed by atoms with Crippen LogP contribution in [0.15, 0.2) is 60.9 Å². The first-order valence-corrected chi connectivity index (χ1v) is 8.96. The van der Waals surface area contributed by atoms with Gasteiger partial charge in [-0.2, -0.15) is 0 Å². The van der Waals surface area contributed by atoms with Gasteiger partial charge in [0.2, 0.25) is 5.91 Å². The number of amides is 2. The Labute approximate surface area is 168 Å². The minimum atomic E-state index is -0.284. The van der Waals surface area contributed by atoms with Crippen LogP contribution in [-0.2, 0) is 4.79 Å². The summed E-state index contributed by atoms with van der Waals surface area (Å²) in [5.74, 6) is -0.428. The van der Waals surface area contributed by atoms with Crippen molar-refractivity contribution in [3.8, 4) is 0 Å². The van der Waals surface area contributed by atoms with E-state index in [0.29, 0.717) is 27.6 Å². The fourth-order valence-corrected chi connectivity index (χ4v) is 2.77. The van der Waals surface area contributed by atoms with Gasteiger partial charge < -0.3 is 16.0 Å². The van der Waals surface area contributed by atoms with E-state index < -0.39 is 0 Å². The minimum absolute atomic E-state index is 0.145. The van der Waals surface area contributed by atoms with E-state index in [0.717, 1.165) is 11.3 Å². The number of halogens is 1. The second-order valence-corrected chi connectivity index (χ2v) is 6.70. The molecule has 3 aromatic rings. The molecule has 3 rings (SSSR count). The molecule has 142 valence electrons. The summed E-state index contributed by atoms with van der Waals surface area (Å²) in [7, 11) is 0. The van der Waals surface area contributed by atoms with Crippen molar-refractivity contribution >= 4 is 46.2 Å². The number of hydrogen-bond donors (Lipinski definition) is 3. The van der Waals surface area contributed by atoms with Crippen LogP contribution in [0.5, 0.6) is 0 Å². The Morgan fingerprint density at radius 2 is 1.71 bits per heavy atom. The lowest BCUT2D eigenvalue weighted by Gasteiger charge is -2.11. The van der Waals surface area contributed by atoms with Crippen molar-refractivity contribution in [2.24, 2.45) is 0 Å². The zero-order chi connectivity index (χ0) is 20.1. The van der Waals surface area contributed by atoms with Crippen molar-refractivity contribution in [1.29, 1.82) is 0 Å². The second-order valence-electron chi connectivity index (χ2n) is 6.26. The number of anilines is 4. The van der Waals surface area contributed by atoms with Gasteiger partial charge in [-0.15, -0.1) is 0 Å². The zero-order valence-corrected chi connectivity index (χ0v) is 16.2. The fraction of sp³-hybridized carbons (Fsp3) is 0.0952. The summed E-state index contributed by atoms with van der Waals surface area (Å²) in [6.45, 7) is 3.35. The molecule has 7 heteroatoms. The van der Waals surface area contributed by atoms with E-state index in [9.17, 15) is 9.59 Å². The quantitative estimate of drug-likeness (QED) is 0.568. The summed E-state index contributed by atoms with van der Waals surface area (Å²) in [5.41, 5.74) is 4.05. The molecular weight excluding hydrogens is 376 g/mol.